The molecule has 0 atom stereocenters. The molecule has 6 heteroatoms. The van der Waals surface area contributed by atoms with Crippen LogP contribution in [0.1, 0.15) is 31.5 Å². The Labute approximate surface area is 95.0 Å². The van der Waals surface area contributed by atoms with E-state index in [0.717, 1.165) is 25.7 Å². The number of aromatic nitrogens is 4. The lowest BCUT2D eigenvalue weighted by Crippen LogP contribution is -2.41. The van der Waals surface area contributed by atoms with E-state index in [1.807, 2.05) is 7.05 Å². The van der Waals surface area contributed by atoms with E-state index >= 15 is 0 Å². The number of tetrazole rings is 1. The quantitative estimate of drug-likeness (QED) is 0.735. The number of hydrogen-bond acceptors (Lipinski definition) is 5. The summed E-state index contributed by atoms with van der Waals surface area (Å²) < 4.78 is 0. The SMILES string of the molecule is CNC1CCC(O)(Cc2nnn(C)n2)CC1. The number of aryl methyl sites for hydroxylation is 1. The summed E-state index contributed by atoms with van der Waals surface area (Å²) in [6.45, 7) is 0. The van der Waals surface area contributed by atoms with Crippen LogP contribution in [0.15, 0.2) is 0 Å². The van der Waals surface area contributed by atoms with Gasteiger partial charge in [-0.15, -0.1) is 10.2 Å². The van der Waals surface area contributed by atoms with Crippen LogP contribution in [0.5, 0.6) is 0 Å². The van der Waals surface area contributed by atoms with Gasteiger partial charge in [-0.3, -0.25) is 0 Å². The van der Waals surface area contributed by atoms with Crippen molar-refractivity contribution in [3.63, 3.8) is 0 Å². The van der Waals surface area contributed by atoms with E-state index in [-0.39, 0.29) is 0 Å². The van der Waals surface area contributed by atoms with E-state index < -0.39 is 5.60 Å². The molecule has 0 aliphatic heterocycles. The molecule has 1 heterocycles. The van der Waals surface area contributed by atoms with E-state index in [9.17, 15) is 5.11 Å². The highest BCUT2D eigenvalue weighted by Gasteiger charge is 2.34. The predicted octanol–water partition coefficient (Wildman–Crippen LogP) is -0.354. The van der Waals surface area contributed by atoms with Gasteiger partial charge in [-0.1, -0.05) is 0 Å². The summed E-state index contributed by atoms with van der Waals surface area (Å²) in [5, 5.41) is 25.5. The molecule has 90 valence electrons. The molecule has 1 aliphatic carbocycles. The molecule has 0 amide bonds. The van der Waals surface area contributed by atoms with Gasteiger partial charge in [-0.25, -0.2) is 0 Å². The van der Waals surface area contributed by atoms with Crippen molar-refractivity contribution in [1.29, 1.82) is 0 Å². The van der Waals surface area contributed by atoms with Crippen molar-refractivity contribution < 1.29 is 5.11 Å². The van der Waals surface area contributed by atoms with Crippen LogP contribution < -0.4 is 5.32 Å². The Morgan fingerprint density at radius 1 is 1.50 bits per heavy atom. The van der Waals surface area contributed by atoms with Gasteiger partial charge in [0.05, 0.1) is 12.6 Å². The smallest absolute Gasteiger partial charge is 0.177 e. The Bertz CT molecular complexity index is 343. The van der Waals surface area contributed by atoms with Gasteiger partial charge in [0.15, 0.2) is 5.82 Å². The lowest BCUT2D eigenvalue weighted by molar-refractivity contribution is -0.00411. The summed E-state index contributed by atoms with van der Waals surface area (Å²) in [7, 11) is 3.71. The standard InChI is InChI=1S/C10H19N5O/c1-11-8-3-5-10(16,6-4-8)7-9-12-14-15(2)13-9/h8,11,16H,3-7H2,1-2H3. The zero-order chi connectivity index (χ0) is 11.6. The Morgan fingerprint density at radius 3 is 2.69 bits per heavy atom. The highest BCUT2D eigenvalue weighted by molar-refractivity contribution is 4.95. The Morgan fingerprint density at radius 2 is 2.19 bits per heavy atom. The molecule has 2 rings (SSSR count). The first-order chi connectivity index (χ1) is 7.61. The van der Waals surface area contributed by atoms with Crippen LogP contribution in [-0.2, 0) is 13.5 Å². The molecule has 0 aromatic carbocycles. The van der Waals surface area contributed by atoms with Gasteiger partial charge in [0.2, 0.25) is 0 Å². The van der Waals surface area contributed by atoms with Gasteiger partial charge >= 0.3 is 0 Å². The van der Waals surface area contributed by atoms with Gasteiger partial charge in [-0.05, 0) is 37.9 Å². The van der Waals surface area contributed by atoms with Gasteiger partial charge < -0.3 is 10.4 Å². The summed E-state index contributed by atoms with van der Waals surface area (Å²) in [6.07, 6.45) is 4.13. The van der Waals surface area contributed by atoms with Gasteiger partial charge in [-0.2, -0.15) is 4.80 Å². The normalized spacial score (nSPS) is 30.6. The number of rotatable bonds is 3. The summed E-state index contributed by atoms with van der Waals surface area (Å²) in [5.74, 6) is 0.632. The lowest BCUT2D eigenvalue weighted by Gasteiger charge is -2.35. The fourth-order valence-corrected chi connectivity index (χ4v) is 2.31. The summed E-state index contributed by atoms with van der Waals surface area (Å²) in [6, 6.07) is 0.537. The van der Waals surface area contributed by atoms with Crippen molar-refractivity contribution in [2.75, 3.05) is 7.05 Å². The number of nitrogens with one attached hydrogen (secondary N) is 1. The molecule has 1 aromatic rings. The largest absolute Gasteiger partial charge is 0.389 e. The molecule has 0 spiro atoms. The third-order valence-electron chi connectivity index (χ3n) is 3.36. The average Bonchev–Trinajstić information content (AvgIpc) is 2.64. The maximum atomic E-state index is 10.4. The van der Waals surface area contributed by atoms with Crippen molar-refractivity contribution in [2.45, 2.75) is 43.7 Å². The molecule has 16 heavy (non-hydrogen) atoms. The Balaban J connectivity index is 1.94. The van der Waals surface area contributed by atoms with Crippen LogP contribution in [0.4, 0.5) is 0 Å². The number of hydrogen-bond donors (Lipinski definition) is 2. The Hall–Kier alpha value is -1.01. The predicted molar refractivity (Wildman–Crippen MR) is 58.8 cm³/mol. The first-order valence-corrected chi connectivity index (χ1v) is 5.74. The number of aliphatic hydroxyl groups is 1. The van der Waals surface area contributed by atoms with Gasteiger partial charge in [0.1, 0.15) is 0 Å². The zero-order valence-electron chi connectivity index (χ0n) is 9.85. The van der Waals surface area contributed by atoms with Crippen molar-refractivity contribution in [1.82, 2.24) is 25.5 Å². The van der Waals surface area contributed by atoms with Crippen LogP contribution >= 0.6 is 0 Å². The van der Waals surface area contributed by atoms with Crippen molar-refractivity contribution in [3.8, 4) is 0 Å². The molecule has 0 bridgehead atoms. The molecular formula is C10H19N5O. The van der Waals surface area contributed by atoms with Crippen LogP contribution in [-0.4, -0.2) is 44.0 Å². The van der Waals surface area contributed by atoms with E-state index in [1.54, 1.807) is 7.05 Å². The van der Waals surface area contributed by atoms with Crippen LogP contribution in [0.2, 0.25) is 0 Å². The van der Waals surface area contributed by atoms with Crippen LogP contribution in [0.25, 0.3) is 0 Å². The number of nitrogens with zero attached hydrogens (tertiary/aromatic N) is 4. The second-order valence-corrected chi connectivity index (χ2v) is 4.66. The van der Waals surface area contributed by atoms with Crippen LogP contribution in [0, 0.1) is 0 Å². The minimum atomic E-state index is -0.642. The molecule has 1 fully saturated rings. The topological polar surface area (TPSA) is 75.9 Å². The maximum Gasteiger partial charge on any atom is 0.177 e. The first-order valence-electron chi connectivity index (χ1n) is 5.74. The molecule has 0 saturated heterocycles. The van der Waals surface area contributed by atoms with Crippen LogP contribution in [0.3, 0.4) is 0 Å². The van der Waals surface area contributed by atoms with E-state index in [2.05, 4.69) is 20.7 Å². The average molecular weight is 225 g/mol. The molecule has 1 aliphatic rings. The van der Waals surface area contributed by atoms with Gasteiger partial charge in [0.25, 0.3) is 0 Å². The summed E-state index contributed by atoms with van der Waals surface area (Å²) in [4.78, 5) is 1.43. The van der Waals surface area contributed by atoms with E-state index in [4.69, 9.17) is 0 Å². The summed E-state index contributed by atoms with van der Waals surface area (Å²) in [5.41, 5.74) is -0.642. The molecule has 6 nitrogen and oxygen atoms in total. The van der Waals surface area contributed by atoms with Crippen molar-refractivity contribution >= 4 is 0 Å². The maximum absolute atomic E-state index is 10.4. The monoisotopic (exact) mass is 225 g/mol. The van der Waals surface area contributed by atoms with E-state index in [0.29, 0.717) is 18.3 Å². The molecule has 0 unspecified atom stereocenters. The minimum Gasteiger partial charge on any atom is -0.389 e. The molecule has 2 N–H and O–H groups in total. The van der Waals surface area contributed by atoms with Gasteiger partial charge in [0, 0.05) is 12.5 Å². The molecule has 1 aromatic heterocycles. The molecule has 0 radical (unpaired) electrons. The second-order valence-electron chi connectivity index (χ2n) is 4.66. The second kappa shape index (κ2) is 4.47. The Kier molecular flexibility index (Phi) is 3.20. The van der Waals surface area contributed by atoms with Crippen molar-refractivity contribution in [3.05, 3.63) is 5.82 Å². The third kappa shape index (κ3) is 2.56. The van der Waals surface area contributed by atoms with E-state index in [1.165, 1.54) is 4.80 Å². The lowest BCUT2D eigenvalue weighted by atomic mass is 9.80. The minimum absolute atomic E-state index is 0.511. The molecule has 1 saturated carbocycles. The fraction of sp³-hybridized carbons (Fsp3) is 0.900. The molecular weight excluding hydrogens is 206 g/mol. The third-order valence-corrected chi connectivity index (χ3v) is 3.36. The van der Waals surface area contributed by atoms with Crippen molar-refractivity contribution in [2.24, 2.45) is 7.05 Å². The highest BCUT2D eigenvalue weighted by atomic mass is 16.3. The first kappa shape index (κ1) is 11.5. The fourth-order valence-electron chi connectivity index (χ4n) is 2.31. The zero-order valence-corrected chi connectivity index (χ0v) is 9.85. The highest BCUT2D eigenvalue weighted by Crippen LogP contribution is 2.30. The summed E-state index contributed by atoms with van der Waals surface area (Å²) >= 11 is 0.